The number of imidazole rings is 1. The van der Waals surface area contributed by atoms with E-state index >= 15 is 0 Å². The monoisotopic (exact) mass is 322 g/mol. The molecule has 6 nitrogen and oxygen atoms in total. The minimum Gasteiger partial charge on any atom is -0.392 e. The Kier molecular flexibility index (Phi) is 4.67. The van der Waals surface area contributed by atoms with Crippen molar-refractivity contribution in [2.45, 2.75) is 20.1 Å². The van der Waals surface area contributed by atoms with Gasteiger partial charge in [0.05, 0.1) is 12.9 Å². The molecule has 1 aromatic carbocycles. The van der Waals surface area contributed by atoms with Crippen molar-refractivity contribution in [2.75, 3.05) is 5.32 Å². The normalized spacial score (nSPS) is 10.6. The maximum atomic E-state index is 12.1. The van der Waals surface area contributed by atoms with Crippen molar-refractivity contribution in [1.82, 2.24) is 14.5 Å². The maximum Gasteiger partial charge on any atom is 0.275 e. The van der Waals surface area contributed by atoms with Crippen LogP contribution >= 0.6 is 0 Å². The number of carbonyl (C=O) groups is 1. The Balaban J connectivity index is 1.65. The van der Waals surface area contributed by atoms with Crippen LogP contribution < -0.4 is 5.32 Å². The van der Waals surface area contributed by atoms with Crippen molar-refractivity contribution in [3.05, 3.63) is 77.5 Å². The molecular formula is C18H18N4O2. The lowest BCUT2D eigenvalue weighted by atomic mass is 10.1. The maximum absolute atomic E-state index is 12.1. The van der Waals surface area contributed by atoms with Gasteiger partial charge < -0.3 is 15.0 Å². The molecule has 0 atom stereocenters. The molecule has 0 fully saturated rings. The van der Waals surface area contributed by atoms with Crippen molar-refractivity contribution in [2.24, 2.45) is 0 Å². The summed E-state index contributed by atoms with van der Waals surface area (Å²) in [4.78, 5) is 20.4. The van der Waals surface area contributed by atoms with E-state index in [-0.39, 0.29) is 18.2 Å². The molecule has 0 aliphatic heterocycles. The number of pyridine rings is 1. The molecule has 0 bridgehead atoms. The molecule has 0 saturated heterocycles. The molecule has 24 heavy (non-hydrogen) atoms. The highest BCUT2D eigenvalue weighted by Crippen LogP contribution is 2.10. The minimum atomic E-state index is -0.333. The van der Waals surface area contributed by atoms with Crippen LogP contribution in [-0.2, 0) is 13.2 Å². The van der Waals surface area contributed by atoms with Gasteiger partial charge in [0, 0.05) is 18.9 Å². The lowest BCUT2D eigenvalue weighted by molar-refractivity contribution is 0.102. The van der Waals surface area contributed by atoms with E-state index in [1.807, 2.05) is 10.6 Å². The number of anilines is 1. The summed E-state index contributed by atoms with van der Waals surface area (Å²) in [5.41, 5.74) is 3.32. The molecule has 1 amide bonds. The summed E-state index contributed by atoms with van der Waals surface area (Å²) in [6, 6.07) is 11.5. The third-order valence-electron chi connectivity index (χ3n) is 3.56. The highest BCUT2D eigenvalue weighted by Gasteiger charge is 2.09. The van der Waals surface area contributed by atoms with Crippen LogP contribution in [0.4, 0.5) is 5.82 Å². The summed E-state index contributed by atoms with van der Waals surface area (Å²) in [6.07, 6.45) is 4.94. The second kappa shape index (κ2) is 7.06. The molecule has 0 unspecified atom stereocenters. The Morgan fingerprint density at radius 3 is 2.79 bits per heavy atom. The summed E-state index contributed by atoms with van der Waals surface area (Å²) in [5.74, 6) is 0.140. The fourth-order valence-electron chi connectivity index (χ4n) is 2.37. The van der Waals surface area contributed by atoms with Gasteiger partial charge in [-0.05, 0) is 24.1 Å². The number of carbonyl (C=O) groups excluding carboxylic acids is 1. The molecule has 0 aliphatic carbocycles. The minimum absolute atomic E-state index is 0.0989. The van der Waals surface area contributed by atoms with Crippen molar-refractivity contribution >= 4 is 11.7 Å². The van der Waals surface area contributed by atoms with Crippen LogP contribution in [0.2, 0.25) is 0 Å². The SMILES string of the molecule is Cc1cccc(Cn2cnc(NC(=O)c3ccc(CO)cn3)c2)c1. The number of hydrogen-bond acceptors (Lipinski definition) is 4. The predicted octanol–water partition coefficient (Wildman–Crippen LogP) is 2.38. The summed E-state index contributed by atoms with van der Waals surface area (Å²) >= 11 is 0. The molecule has 2 heterocycles. The average molecular weight is 322 g/mol. The number of nitrogens with one attached hydrogen (secondary N) is 1. The third-order valence-corrected chi connectivity index (χ3v) is 3.56. The van der Waals surface area contributed by atoms with Crippen LogP contribution in [0.15, 0.2) is 55.1 Å². The fraction of sp³-hybridized carbons (Fsp3) is 0.167. The lowest BCUT2D eigenvalue weighted by Crippen LogP contribution is -2.14. The van der Waals surface area contributed by atoms with Crippen LogP contribution in [0.1, 0.15) is 27.2 Å². The summed E-state index contributed by atoms with van der Waals surface area (Å²) < 4.78 is 1.91. The summed E-state index contributed by atoms with van der Waals surface area (Å²) in [7, 11) is 0. The molecule has 2 aromatic heterocycles. The topological polar surface area (TPSA) is 80.0 Å². The Hall–Kier alpha value is -2.99. The highest BCUT2D eigenvalue weighted by molar-refractivity contribution is 6.02. The number of benzene rings is 1. The van der Waals surface area contributed by atoms with Gasteiger partial charge in [-0.3, -0.25) is 9.78 Å². The van der Waals surface area contributed by atoms with Crippen LogP contribution in [0.25, 0.3) is 0 Å². The van der Waals surface area contributed by atoms with E-state index in [0.717, 1.165) is 0 Å². The lowest BCUT2D eigenvalue weighted by Gasteiger charge is -2.04. The number of aromatic nitrogens is 3. The smallest absolute Gasteiger partial charge is 0.275 e. The van der Waals surface area contributed by atoms with E-state index < -0.39 is 0 Å². The van der Waals surface area contributed by atoms with Crippen LogP contribution in [0, 0.1) is 6.92 Å². The van der Waals surface area contributed by atoms with Crippen molar-refractivity contribution in [3.63, 3.8) is 0 Å². The van der Waals surface area contributed by atoms with Crippen LogP contribution in [-0.4, -0.2) is 25.5 Å². The Morgan fingerprint density at radius 2 is 2.08 bits per heavy atom. The van der Waals surface area contributed by atoms with Gasteiger partial charge in [-0.15, -0.1) is 0 Å². The van der Waals surface area contributed by atoms with Gasteiger partial charge in [0.25, 0.3) is 5.91 Å². The zero-order valence-electron chi connectivity index (χ0n) is 13.3. The molecule has 0 aliphatic rings. The van der Waals surface area contributed by atoms with Crippen LogP contribution in [0.3, 0.4) is 0 Å². The van der Waals surface area contributed by atoms with Crippen molar-refractivity contribution in [1.29, 1.82) is 0 Å². The summed E-state index contributed by atoms with van der Waals surface area (Å²) in [5, 5.41) is 11.7. The van der Waals surface area contributed by atoms with E-state index in [2.05, 4.69) is 40.4 Å². The van der Waals surface area contributed by atoms with Crippen molar-refractivity contribution in [3.8, 4) is 0 Å². The number of aliphatic hydroxyl groups is 1. The highest BCUT2D eigenvalue weighted by atomic mass is 16.3. The van der Waals surface area contributed by atoms with Gasteiger partial charge in [0.2, 0.25) is 0 Å². The quantitative estimate of drug-likeness (QED) is 0.756. The van der Waals surface area contributed by atoms with Crippen molar-refractivity contribution < 1.29 is 9.90 Å². The second-order valence-electron chi connectivity index (χ2n) is 5.58. The zero-order valence-corrected chi connectivity index (χ0v) is 13.3. The summed E-state index contributed by atoms with van der Waals surface area (Å²) in [6.45, 7) is 2.64. The number of aryl methyl sites for hydroxylation is 1. The molecule has 3 rings (SSSR count). The first-order valence-electron chi connectivity index (χ1n) is 7.58. The van der Waals surface area contributed by atoms with Gasteiger partial charge in [0.1, 0.15) is 5.69 Å². The van der Waals surface area contributed by atoms with E-state index in [0.29, 0.717) is 17.9 Å². The number of nitrogens with zero attached hydrogens (tertiary/aromatic N) is 3. The molecular weight excluding hydrogens is 304 g/mol. The van der Waals surface area contributed by atoms with E-state index in [1.54, 1.807) is 24.7 Å². The first kappa shape index (κ1) is 15.9. The Morgan fingerprint density at radius 1 is 1.21 bits per heavy atom. The van der Waals surface area contributed by atoms with Gasteiger partial charge in [0.15, 0.2) is 5.82 Å². The Bertz CT molecular complexity index is 840. The molecule has 6 heteroatoms. The number of amides is 1. The molecule has 2 N–H and O–H groups in total. The first-order valence-corrected chi connectivity index (χ1v) is 7.58. The van der Waals surface area contributed by atoms with E-state index in [9.17, 15) is 4.79 Å². The van der Waals surface area contributed by atoms with Gasteiger partial charge in [-0.25, -0.2) is 4.98 Å². The number of aliphatic hydroxyl groups excluding tert-OH is 1. The fourth-order valence-corrected chi connectivity index (χ4v) is 2.37. The standard InChI is InChI=1S/C18H18N4O2/c1-13-3-2-4-14(7-13)9-22-10-17(20-12-22)21-18(24)16-6-5-15(11-23)8-19-16/h2-8,10,12,23H,9,11H2,1H3,(H,21,24). The van der Waals surface area contributed by atoms with E-state index in [4.69, 9.17) is 5.11 Å². The average Bonchev–Trinajstić information content (AvgIpc) is 3.02. The van der Waals surface area contributed by atoms with Crippen LogP contribution in [0.5, 0.6) is 0 Å². The van der Waals surface area contributed by atoms with Gasteiger partial charge in [-0.1, -0.05) is 35.9 Å². The molecule has 3 aromatic rings. The molecule has 0 spiro atoms. The van der Waals surface area contributed by atoms with Gasteiger partial charge >= 0.3 is 0 Å². The Labute approximate surface area is 139 Å². The predicted molar refractivity (Wildman–Crippen MR) is 90.6 cm³/mol. The zero-order chi connectivity index (χ0) is 16.9. The number of rotatable bonds is 5. The largest absolute Gasteiger partial charge is 0.392 e. The number of hydrogen-bond donors (Lipinski definition) is 2. The first-order chi connectivity index (χ1) is 11.6. The third kappa shape index (κ3) is 3.85. The van der Waals surface area contributed by atoms with E-state index in [1.165, 1.54) is 17.3 Å². The second-order valence-corrected chi connectivity index (χ2v) is 5.58. The molecule has 0 saturated carbocycles. The molecule has 0 radical (unpaired) electrons. The van der Waals surface area contributed by atoms with Gasteiger partial charge in [-0.2, -0.15) is 0 Å². The molecule has 122 valence electrons.